The van der Waals surface area contributed by atoms with Crippen molar-refractivity contribution in [2.75, 3.05) is 18.5 Å². The minimum absolute atomic E-state index is 0.385. The van der Waals surface area contributed by atoms with Crippen LogP contribution in [0.1, 0.15) is 12.8 Å². The molecule has 152 valence electrons. The fraction of sp³-hybridized carbons (Fsp3) is 0.333. The summed E-state index contributed by atoms with van der Waals surface area (Å²) >= 11 is 6.03. The monoisotopic (exact) mass is 424 g/mol. The molecule has 3 aromatic rings. The van der Waals surface area contributed by atoms with Crippen LogP contribution in [0.5, 0.6) is 0 Å². The van der Waals surface area contributed by atoms with E-state index in [1.54, 1.807) is 30.3 Å². The molecule has 1 fully saturated rings. The lowest BCUT2D eigenvalue weighted by Crippen LogP contribution is -2.50. The van der Waals surface area contributed by atoms with E-state index in [0.717, 1.165) is 5.39 Å². The second-order valence-corrected chi connectivity index (χ2v) is 7.32. The Labute approximate surface area is 168 Å². The first kappa shape index (κ1) is 19.4. The second-order valence-electron chi connectivity index (χ2n) is 6.88. The number of amides is 1. The number of carbonyl (C=O) groups is 1. The lowest BCUT2D eigenvalue weighted by molar-refractivity contribution is -0.139. The second kappa shape index (κ2) is 6.87. The number of aromatic nitrogens is 4. The lowest BCUT2D eigenvalue weighted by Gasteiger charge is -2.28. The number of carbonyl (C=O) groups excluding carboxylic acids is 1. The summed E-state index contributed by atoms with van der Waals surface area (Å²) in [5, 5.41) is 3.17. The topological polar surface area (TPSA) is 86.8 Å². The van der Waals surface area contributed by atoms with Crippen molar-refractivity contribution in [2.24, 2.45) is 0 Å². The number of H-pyrrole nitrogens is 1. The predicted octanol–water partition coefficient (Wildman–Crippen LogP) is 3.32. The van der Waals surface area contributed by atoms with E-state index in [1.807, 2.05) is 5.32 Å². The molecule has 11 heteroatoms. The van der Waals surface area contributed by atoms with Gasteiger partial charge in [-0.3, -0.25) is 4.79 Å². The van der Waals surface area contributed by atoms with Gasteiger partial charge in [-0.25, -0.2) is 15.0 Å². The van der Waals surface area contributed by atoms with Crippen LogP contribution in [0.25, 0.3) is 22.4 Å². The largest absolute Gasteiger partial charge is 0.405 e. The highest BCUT2D eigenvalue weighted by Gasteiger charge is 2.54. The normalized spacial score (nSPS) is 15.3. The summed E-state index contributed by atoms with van der Waals surface area (Å²) in [5.41, 5.74) is 0.260. The molecule has 0 radical (unpaired) electrons. The molecule has 0 aromatic carbocycles. The third kappa shape index (κ3) is 3.71. The molecule has 0 unspecified atom stereocenters. The molecule has 3 heterocycles. The van der Waals surface area contributed by atoms with Gasteiger partial charge in [0, 0.05) is 36.6 Å². The van der Waals surface area contributed by atoms with Crippen LogP contribution in [0.4, 0.5) is 19.0 Å². The molecule has 0 saturated heterocycles. The molecule has 4 rings (SSSR count). The summed E-state index contributed by atoms with van der Waals surface area (Å²) in [4.78, 5) is 30.0. The van der Waals surface area contributed by atoms with E-state index in [0.29, 0.717) is 40.7 Å². The van der Waals surface area contributed by atoms with Gasteiger partial charge in [-0.15, -0.1) is 0 Å². The molecule has 0 spiro atoms. The SMILES string of the molecule is CN(c1ccnc(-c2c[nH]c3ncc(Cl)cc23)n1)C1(C(=O)NCC(F)(F)F)CC1. The third-order valence-electron chi connectivity index (χ3n) is 4.96. The van der Waals surface area contributed by atoms with Gasteiger partial charge in [-0.1, -0.05) is 11.6 Å². The predicted molar refractivity (Wildman–Crippen MR) is 102 cm³/mol. The van der Waals surface area contributed by atoms with Gasteiger partial charge in [-0.2, -0.15) is 13.2 Å². The quantitative estimate of drug-likeness (QED) is 0.656. The van der Waals surface area contributed by atoms with Crippen LogP contribution in [0, 0.1) is 0 Å². The summed E-state index contributed by atoms with van der Waals surface area (Å²) in [6.07, 6.45) is 1.19. The lowest BCUT2D eigenvalue weighted by atomic mass is 10.2. The molecule has 3 aromatic heterocycles. The Bertz CT molecular complexity index is 1080. The summed E-state index contributed by atoms with van der Waals surface area (Å²) in [6.45, 7) is -1.36. The molecule has 1 amide bonds. The average Bonchev–Trinajstić information content (AvgIpc) is 3.39. The number of fused-ring (bicyclic) bond motifs is 1. The highest BCUT2D eigenvalue weighted by atomic mass is 35.5. The van der Waals surface area contributed by atoms with Crippen LogP contribution >= 0.6 is 11.6 Å². The molecular formula is C18H16ClF3N6O. The van der Waals surface area contributed by atoms with Gasteiger partial charge in [0.25, 0.3) is 0 Å². The van der Waals surface area contributed by atoms with Crippen molar-refractivity contribution < 1.29 is 18.0 Å². The van der Waals surface area contributed by atoms with Crippen LogP contribution < -0.4 is 10.2 Å². The average molecular weight is 425 g/mol. The van der Waals surface area contributed by atoms with Crippen molar-refractivity contribution in [1.29, 1.82) is 0 Å². The maximum absolute atomic E-state index is 12.4. The highest BCUT2D eigenvalue weighted by molar-refractivity contribution is 6.31. The Morgan fingerprint density at radius 1 is 1.38 bits per heavy atom. The van der Waals surface area contributed by atoms with E-state index in [4.69, 9.17) is 11.6 Å². The first-order valence-electron chi connectivity index (χ1n) is 8.74. The molecule has 1 saturated carbocycles. The molecule has 0 aliphatic heterocycles. The maximum atomic E-state index is 12.4. The number of alkyl halides is 3. The molecule has 0 bridgehead atoms. The van der Waals surface area contributed by atoms with E-state index >= 15 is 0 Å². The van der Waals surface area contributed by atoms with Gasteiger partial charge in [-0.05, 0) is 25.0 Å². The Morgan fingerprint density at radius 2 is 2.14 bits per heavy atom. The van der Waals surface area contributed by atoms with Gasteiger partial charge >= 0.3 is 6.18 Å². The fourth-order valence-electron chi connectivity index (χ4n) is 3.23. The Balaban J connectivity index is 1.61. The number of anilines is 1. The first-order valence-corrected chi connectivity index (χ1v) is 9.12. The zero-order chi connectivity index (χ0) is 20.8. The van der Waals surface area contributed by atoms with E-state index in [2.05, 4.69) is 19.9 Å². The van der Waals surface area contributed by atoms with E-state index in [9.17, 15) is 18.0 Å². The van der Waals surface area contributed by atoms with Gasteiger partial charge in [0.05, 0.1) is 5.02 Å². The molecule has 0 atom stereocenters. The number of nitrogens with one attached hydrogen (secondary N) is 2. The minimum atomic E-state index is -4.46. The number of likely N-dealkylation sites (N-methyl/N-ethyl adjacent to an activating group) is 1. The van der Waals surface area contributed by atoms with Gasteiger partial charge in [0.15, 0.2) is 5.82 Å². The smallest absolute Gasteiger partial charge is 0.345 e. The Kier molecular flexibility index (Phi) is 4.60. The number of rotatable bonds is 5. The third-order valence-corrected chi connectivity index (χ3v) is 5.17. The maximum Gasteiger partial charge on any atom is 0.405 e. The van der Waals surface area contributed by atoms with Crippen molar-refractivity contribution in [3.05, 3.63) is 35.7 Å². The van der Waals surface area contributed by atoms with Crippen molar-refractivity contribution >= 4 is 34.4 Å². The van der Waals surface area contributed by atoms with Crippen molar-refractivity contribution in [2.45, 2.75) is 24.6 Å². The Hall–Kier alpha value is -2.88. The van der Waals surface area contributed by atoms with Crippen LogP contribution in [-0.2, 0) is 4.79 Å². The molecule has 2 N–H and O–H groups in total. The zero-order valence-corrected chi connectivity index (χ0v) is 16.0. The van der Waals surface area contributed by atoms with Crippen LogP contribution in [0.2, 0.25) is 5.02 Å². The van der Waals surface area contributed by atoms with E-state index < -0.39 is 24.2 Å². The molecule has 1 aliphatic rings. The number of nitrogens with zero attached hydrogens (tertiary/aromatic N) is 4. The van der Waals surface area contributed by atoms with Crippen molar-refractivity contribution in [3.8, 4) is 11.4 Å². The molecule has 7 nitrogen and oxygen atoms in total. The van der Waals surface area contributed by atoms with Crippen LogP contribution in [0.3, 0.4) is 0 Å². The number of halogens is 4. The van der Waals surface area contributed by atoms with Gasteiger partial charge in [0.2, 0.25) is 5.91 Å². The standard InChI is InChI=1S/C18H16ClF3N6O/c1-28(17(3-4-17)16(29)26-9-18(20,21)22)13-2-5-23-15(27-13)12-8-25-14-11(12)6-10(19)7-24-14/h2,5-8H,3-4,9H2,1H3,(H,24,25)(H,26,29). The Morgan fingerprint density at radius 3 is 2.83 bits per heavy atom. The summed E-state index contributed by atoms with van der Waals surface area (Å²) in [7, 11) is 1.64. The molecule has 29 heavy (non-hydrogen) atoms. The van der Waals surface area contributed by atoms with Gasteiger partial charge in [0.1, 0.15) is 23.5 Å². The number of aromatic amines is 1. The fourth-order valence-corrected chi connectivity index (χ4v) is 3.38. The number of hydrogen-bond acceptors (Lipinski definition) is 5. The van der Waals surface area contributed by atoms with Crippen molar-refractivity contribution in [3.63, 3.8) is 0 Å². The van der Waals surface area contributed by atoms with Crippen molar-refractivity contribution in [1.82, 2.24) is 25.3 Å². The summed E-state index contributed by atoms with van der Waals surface area (Å²) < 4.78 is 37.3. The van der Waals surface area contributed by atoms with Crippen LogP contribution in [-0.4, -0.2) is 51.2 Å². The van der Waals surface area contributed by atoms with E-state index in [-0.39, 0.29) is 0 Å². The molecular weight excluding hydrogens is 409 g/mol. The number of pyridine rings is 1. The van der Waals surface area contributed by atoms with Gasteiger partial charge < -0.3 is 15.2 Å². The van der Waals surface area contributed by atoms with Crippen LogP contribution in [0.15, 0.2) is 30.7 Å². The number of hydrogen-bond donors (Lipinski definition) is 2. The minimum Gasteiger partial charge on any atom is -0.345 e. The summed E-state index contributed by atoms with van der Waals surface area (Å²) in [5.74, 6) is 0.149. The summed E-state index contributed by atoms with van der Waals surface area (Å²) in [6, 6.07) is 3.35. The zero-order valence-electron chi connectivity index (χ0n) is 15.2. The molecule has 1 aliphatic carbocycles. The highest BCUT2D eigenvalue weighted by Crippen LogP contribution is 2.43. The first-order chi connectivity index (χ1) is 13.7. The van der Waals surface area contributed by atoms with E-state index in [1.165, 1.54) is 12.4 Å².